The monoisotopic (exact) mass is 698 g/mol. The van der Waals surface area contributed by atoms with Crippen molar-refractivity contribution in [1.29, 1.82) is 0 Å². The van der Waals surface area contributed by atoms with Gasteiger partial charge in [0.2, 0.25) is 0 Å². The maximum atomic E-state index is 10.3. The second-order valence-electron chi connectivity index (χ2n) is 8.22. The van der Waals surface area contributed by atoms with Crippen LogP contribution in [0, 0.1) is 17.8 Å². The number of carbonyl (C=O) groups excluding carboxylic acids is 3. The summed E-state index contributed by atoms with van der Waals surface area (Å²) in [6, 6.07) is 0. The van der Waals surface area contributed by atoms with E-state index in [0.717, 1.165) is 64.7 Å². The van der Waals surface area contributed by atoms with Crippen molar-refractivity contribution in [3.63, 3.8) is 0 Å². The Morgan fingerprint density at radius 2 is 0.743 bits per heavy atom. The molecule has 0 bridgehead atoms. The van der Waals surface area contributed by atoms with Gasteiger partial charge in [0.05, 0.1) is 0 Å². The molecule has 35 heavy (non-hydrogen) atoms. The first-order valence-electron chi connectivity index (χ1n) is 12.7. The van der Waals surface area contributed by atoms with Crippen LogP contribution >= 0.6 is 0 Å². The van der Waals surface area contributed by atoms with E-state index in [1.165, 1.54) is 0 Å². The molecule has 0 fully saturated rings. The standard InChI is InChI=1S/3C8H16O2.C2H4O2.Bi/c3*1-3-5-6-7(4-2)8(9)10;1-2(3)4;/h3*7H,3-6H2,1-2H3,(H,9,10);1H3,(H,3,4);/q;;;;+3/p-3. The Morgan fingerprint density at radius 3 is 0.829 bits per heavy atom. The van der Waals surface area contributed by atoms with Gasteiger partial charge < -0.3 is 34.8 Å². The number of carboxylic acid groups (broad SMARTS) is 4. The van der Waals surface area contributed by atoms with Gasteiger partial charge in [-0.05, 0) is 56.3 Å². The van der Waals surface area contributed by atoms with E-state index < -0.39 is 23.9 Å². The van der Waals surface area contributed by atoms with Gasteiger partial charge in [0.15, 0.2) is 0 Å². The van der Waals surface area contributed by atoms with Gasteiger partial charge in [-0.1, -0.05) is 80.1 Å². The third kappa shape index (κ3) is 37.5. The van der Waals surface area contributed by atoms with Crippen LogP contribution in [-0.4, -0.2) is 55.2 Å². The average Bonchev–Trinajstić information content (AvgIpc) is 2.75. The Hall–Kier alpha value is -1.24. The van der Waals surface area contributed by atoms with E-state index in [-0.39, 0.29) is 44.0 Å². The molecular weight excluding hydrogens is 649 g/mol. The molecule has 3 atom stereocenters. The van der Waals surface area contributed by atoms with E-state index in [9.17, 15) is 29.7 Å². The molecule has 0 aromatic rings. The van der Waals surface area contributed by atoms with Crippen LogP contribution < -0.4 is 15.3 Å². The summed E-state index contributed by atoms with van der Waals surface area (Å²) in [5.41, 5.74) is 0. The summed E-state index contributed by atoms with van der Waals surface area (Å²) in [4.78, 5) is 40.0. The molecule has 9 heteroatoms. The minimum Gasteiger partial charge on any atom is -0.550 e. The predicted molar refractivity (Wildman–Crippen MR) is 134 cm³/mol. The van der Waals surface area contributed by atoms with Crippen molar-refractivity contribution in [2.45, 2.75) is 126 Å². The maximum Gasteiger partial charge on any atom is 3.00 e. The molecule has 2 radical (unpaired) electrons. The van der Waals surface area contributed by atoms with E-state index in [0.29, 0.717) is 19.3 Å². The van der Waals surface area contributed by atoms with Gasteiger partial charge in [-0.3, -0.25) is 4.79 Å². The molecule has 0 heterocycles. The average molecular weight is 699 g/mol. The Morgan fingerprint density at radius 1 is 0.571 bits per heavy atom. The molecule has 0 amide bonds. The predicted octanol–water partition coefficient (Wildman–Crippen LogP) is 2.57. The van der Waals surface area contributed by atoms with Crippen molar-refractivity contribution < 1.29 is 39.6 Å². The van der Waals surface area contributed by atoms with Crippen LogP contribution in [-0.2, 0) is 19.2 Å². The van der Waals surface area contributed by atoms with Crippen LogP contribution in [0.2, 0.25) is 0 Å². The minimum atomic E-state index is -0.893. The molecule has 0 aliphatic carbocycles. The van der Waals surface area contributed by atoms with E-state index in [1.807, 2.05) is 20.8 Å². The summed E-state index contributed by atoms with van der Waals surface area (Å²) >= 11 is 0. The van der Waals surface area contributed by atoms with Crippen molar-refractivity contribution in [2.75, 3.05) is 0 Å². The fourth-order valence-corrected chi connectivity index (χ4v) is 2.82. The molecule has 0 aliphatic rings. The first-order chi connectivity index (χ1) is 15.9. The summed E-state index contributed by atoms with van der Waals surface area (Å²) in [5, 5.41) is 38.4. The third-order valence-corrected chi connectivity index (χ3v) is 5.20. The maximum absolute atomic E-state index is 10.3. The number of aliphatic carboxylic acids is 4. The second kappa shape index (κ2) is 32.8. The van der Waals surface area contributed by atoms with Crippen LogP contribution in [0.1, 0.15) is 126 Å². The zero-order chi connectivity index (χ0) is 27.5. The quantitative estimate of drug-likeness (QED) is 0.256. The topological polar surface area (TPSA) is 158 Å². The van der Waals surface area contributed by atoms with Gasteiger partial charge in [-0.15, -0.1) is 0 Å². The number of carbonyl (C=O) groups is 4. The van der Waals surface area contributed by atoms with Crippen LogP contribution in [0.3, 0.4) is 0 Å². The normalized spacial score (nSPS) is 11.9. The van der Waals surface area contributed by atoms with Crippen LogP contribution in [0.5, 0.6) is 0 Å². The van der Waals surface area contributed by atoms with Crippen molar-refractivity contribution in [2.24, 2.45) is 17.8 Å². The largest absolute Gasteiger partial charge is 3.00 e. The fourth-order valence-electron chi connectivity index (χ4n) is 2.82. The summed E-state index contributed by atoms with van der Waals surface area (Å²) in [6.45, 7) is 12.9. The fraction of sp³-hybridized carbons (Fsp3) is 0.846. The molecule has 206 valence electrons. The molecule has 1 N–H and O–H groups in total. The van der Waals surface area contributed by atoms with Gasteiger partial charge >= 0.3 is 26.2 Å². The molecular formula is C26H49BiO8. The van der Waals surface area contributed by atoms with E-state index in [2.05, 4.69) is 20.8 Å². The number of unbranched alkanes of at least 4 members (excludes halogenated alkanes) is 3. The molecule has 0 saturated carbocycles. The van der Waals surface area contributed by atoms with E-state index in [1.54, 1.807) is 0 Å². The molecule has 0 aromatic heterocycles. The second-order valence-corrected chi connectivity index (χ2v) is 8.22. The van der Waals surface area contributed by atoms with Crippen molar-refractivity contribution in [3.05, 3.63) is 0 Å². The van der Waals surface area contributed by atoms with Gasteiger partial charge in [-0.25, -0.2) is 0 Å². The molecule has 0 rings (SSSR count). The van der Waals surface area contributed by atoms with Gasteiger partial charge in [0.1, 0.15) is 0 Å². The third-order valence-electron chi connectivity index (χ3n) is 5.20. The van der Waals surface area contributed by atoms with Gasteiger partial charge in [-0.2, -0.15) is 0 Å². The van der Waals surface area contributed by atoms with Crippen molar-refractivity contribution in [1.82, 2.24) is 0 Å². The van der Waals surface area contributed by atoms with Crippen molar-refractivity contribution >= 4 is 50.1 Å². The zero-order valence-corrected chi connectivity index (χ0v) is 26.4. The minimum absolute atomic E-state index is 0. The van der Waals surface area contributed by atoms with E-state index >= 15 is 0 Å². The van der Waals surface area contributed by atoms with E-state index in [4.69, 9.17) is 9.90 Å². The summed E-state index contributed by atoms with van der Waals surface area (Å²) < 4.78 is 0. The van der Waals surface area contributed by atoms with Crippen LogP contribution in [0.15, 0.2) is 0 Å². The zero-order valence-electron chi connectivity index (χ0n) is 23.0. The first kappa shape index (κ1) is 43.8. The van der Waals surface area contributed by atoms with Crippen LogP contribution in [0.4, 0.5) is 0 Å². The molecule has 0 aromatic carbocycles. The first-order valence-corrected chi connectivity index (χ1v) is 12.7. The Kier molecular flexibility index (Phi) is 41.0. The number of rotatable bonds is 15. The molecule has 3 unspecified atom stereocenters. The summed E-state index contributed by atoms with van der Waals surface area (Å²) in [7, 11) is 0. The van der Waals surface area contributed by atoms with Gasteiger partial charge in [0.25, 0.3) is 5.97 Å². The summed E-state index contributed by atoms with van der Waals surface area (Å²) in [6.07, 6.45) is 10.6. The molecule has 8 nitrogen and oxygen atoms in total. The number of hydrogen-bond acceptors (Lipinski definition) is 7. The molecule has 0 spiro atoms. The Labute approximate surface area is 232 Å². The summed E-state index contributed by atoms with van der Waals surface area (Å²) in [5.74, 6) is -4.18. The smallest absolute Gasteiger partial charge is 0.550 e. The molecule has 0 saturated heterocycles. The Bertz CT molecular complexity index is 446. The number of carboxylic acids is 4. The van der Waals surface area contributed by atoms with Crippen LogP contribution in [0.25, 0.3) is 0 Å². The van der Waals surface area contributed by atoms with Crippen molar-refractivity contribution in [3.8, 4) is 0 Å². The van der Waals surface area contributed by atoms with Gasteiger partial charge in [0, 0.05) is 24.8 Å². The Balaban J connectivity index is -0.000000118. The number of hydrogen-bond donors (Lipinski definition) is 1. The molecule has 0 aliphatic heterocycles. The SMILES string of the molecule is CC(=O)O.CCCCC(CC)C(=O)[O-].CCCCC(CC)C(=O)[O-].CCCCC(CC)C(=O)[O-].[Bi+3].